The summed E-state index contributed by atoms with van der Waals surface area (Å²) < 4.78 is 0. The maximum atomic E-state index is 11.4. The number of carbonyl (C=O) groups is 2. The monoisotopic (exact) mass is 304 g/mol. The quantitative estimate of drug-likeness (QED) is 0.364. The lowest BCUT2D eigenvalue weighted by Crippen LogP contribution is -2.36. The minimum absolute atomic E-state index is 0.0701. The lowest BCUT2D eigenvalue weighted by atomic mass is 10.0. The van der Waals surface area contributed by atoms with Crippen LogP contribution < -0.4 is 15.8 Å². The van der Waals surface area contributed by atoms with E-state index in [0.717, 1.165) is 37.2 Å². The Balaban J connectivity index is 1.91. The molecular formula is C14H16N4O4. The van der Waals surface area contributed by atoms with Crippen molar-refractivity contribution < 1.29 is 14.5 Å². The van der Waals surface area contributed by atoms with Crippen LogP contribution in [-0.4, -0.2) is 30.3 Å². The molecule has 116 valence electrons. The van der Waals surface area contributed by atoms with Crippen molar-refractivity contribution in [1.82, 2.24) is 10.9 Å². The number of benzene rings is 1. The fraction of sp³-hybridized carbons (Fsp3) is 0.286. The molecule has 0 aromatic heterocycles. The second kappa shape index (κ2) is 7.21. The van der Waals surface area contributed by atoms with Gasteiger partial charge in [0.25, 0.3) is 11.6 Å². The molecule has 1 fully saturated rings. The molecule has 0 unspecified atom stereocenters. The van der Waals surface area contributed by atoms with E-state index in [4.69, 9.17) is 0 Å². The van der Waals surface area contributed by atoms with Crippen LogP contribution in [0.5, 0.6) is 0 Å². The number of hydrogen-bond donors (Lipinski definition) is 2. The van der Waals surface area contributed by atoms with Crippen LogP contribution in [0, 0.1) is 10.1 Å². The third kappa shape index (κ3) is 4.05. The molecular weight excluding hydrogens is 288 g/mol. The molecule has 8 heteroatoms. The van der Waals surface area contributed by atoms with Crippen LogP contribution in [0.3, 0.4) is 0 Å². The lowest BCUT2D eigenvalue weighted by molar-refractivity contribution is -0.384. The highest BCUT2D eigenvalue weighted by Crippen LogP contribution is 2.24. The van der Waals surface area contributed by atoms with Gasteiger partial charge in [0, 0.05) is 37.0 Å². The van der Waals surface area contributed by atoms with Crippen LogP contribution >= 0.6 is 0 Å². The van der Waals surface area contributed by atoms with Crippen molar-refractivity contribution in [3.05, 3.63) is 46.0 Å². The molecule has 0 bridgehead atoms. The number of non-ortho nitro benzene ring substituents is 1. The molecule has 1 aliphatic rings. The second-order valence-corrected chi connectivity index (χ2v) is 4.81. The van der Waals surface area contributed by atoms with E-state index in [0.29, 0.717) is 6.41 Å². The van der Waals surface area contributed by atoms with Gasteiger partial charge in [0.2, 0.25) is 6.41 Å². The molecule has 2 rings (SSSR count). The lowest BCUT2D eigenvalue weighted by Gasteiger charge is -2.30. The number of nitro benzene ring substituents is 1. The topological polar surface area (TPSA) is 105 Å². The molecule has 0 radical (unpaired) electrons. The Morgan fingerprint density at radius 3 is 2.41 bits per heavy atom. The van der Waals surface area contributed by atoms with Gasteiger partial charge in [-0.25, -0.2) is 0 Å². The van der Waals surface area contributed by atoms with Gasteiger partial charge in [-0.3, -0.25) is 30.6 Å². The summed E-state index contributed by atoms with van der Waals surface area (Å²) in [5, 5.41) is 10.6. The fourth-order valence-electron chi connectivity index (χ4n) is 2.30. The molecule has 1 aromatic carbocycles. The largest absolute Gasteiger partial charge is 0.371 e. The van der Waals surface area contributed by atoms with Gasteiger partial charge in [0.05, 0.1) is 4.92 Å². The first kappa shape index (κ1) is 15.5. The third-order valence-electron chi connectivity index (χ3n) is 3.42. The minimum atomic E-state index is -0.424. The van der Waals surface area contributed by atoms with E-state index in [9.17, 15) is 19.7 Å². The molecule has 0 spiro atoms. The average molecular weight is 304 g/mol. The van der Waals surface area contributed by atoms with Gasteiger partial charge in [0.15, 0.2) is 0 Å². The summed E-state index contributed by atoms with van der Waals surface area (Å²) in [4.78, 5) is 33.8. The molecule has 0 atom stereocenters. The van der Waals surface area contributed by atoms with Crippen LogP contribution in [0.25, 0.3) is 0 Å². The zero-order valence-electron chi connectivity index (χ0n) is 11.8. The number of amides is 2. The second-order valence-electron chi connectivity index (χ2n) is 4.81. The zero-order valence-corrected chi connectivity index (χ0v) is 11.8. The Morgan fingerprint density at radius 2 is 1.86 bits per heavy atom. The first-order valence-corrected chi connectivity index (χ1v) is 6.78. The van der Waals surface area contributed by atoms with E-state index in [1.807, 2.05) is 0 Å². The summed E-state index contributed by atoms with van der Waals surface area (Å²) in [7, 11) is 0. The Labute approximate surface area is 126 Å². The third-order valence-corrected chi connectivity index (χ3v) is 3.42. The van der Waals surface area contributed by atoms with E-state index in [-0.39, 0.29) is 11.6 Å². The number of nitrogens with one attached hydrogen (secondary N) is 2. The summed E-state index contributed by atoms with van der Waals surface area (Å²) >= 11 is 0. The number of hydrogen-bond acceptors (Lipinski definition) is 5. The molecule has 8 nitrogen and oxygen atoms in total. The highest BCUT2D eigenvalue weighted by Gasteiger charge is 2.16. The molecule has 0 saturated carbocycles. The van der Waals surface area contributed by atoms with Crippen molar-refractivity contribution in [1.29, 1.82) is 0 Å². The van der Waals surface area contributed by atoms with Gasteiger partial charge in [-0.1, -0.05) is 5.57 Å². The molecule has 0 aliphatic carbocycles. The maximum absolute atomic E-state index is 11.4. The first-order valence-electron chi connectivity index (χ1n) is 6.78. The molecule has 1 saturated heterocycles. The van der Waals surface area contributed by atoms with Crippen LogP contribution in [0.1, 0.15) is 12.8 Å². The Morgan fingerprint density at radius 1 is 1.23 bits per heavy atom. The van der Waals surface area contributed by atoms with Gasteiger partial charge < -0.3 is 4.90 Å². The van der Waals surface area contributed by atoms with Crippen molar-refractivity contribution in [3.8, 4) is 0 Å². The molecule has 1 heterocycles. The molecule has 1 aromatic rings. The number of hydrazine groups is 1. The number of carbonyl (C=O) groups excluding carboxylic acids is 2. The van der Waals surface area contributed by atoms with E-state index >= 15 is 0 Å². The van der Waals surface area contributed by atoms with Crippen molar-refractivity contribution in [2.75, 3.05) is 18.0 Å². The van der Waals surface area contributed by atoms with E-state index < -0.39 is 4.92 Å². The van der Waals surface area contributed by atoms with Crippen molar-refractivity contribution in [2.45, 2.75) is 12.8 Å². The van der Waals surface area contributed by atoms with Gasteiger partial charge in [0.1, 0.15) is 0 Å². The Hall–Kier alpha value is -2.90. The Bertz CT molecular complexity index is 587. The smallest absolute Gasteiger partial charge is 0.269 e. The summed E-state index contributed by atoms with van der Waals surface area (Å²) in [6.07, 6.45) is 3.34. The van der Waals surface area contributed by atoms with Crippen molar-refractivity contribution >= 4 is 23.7 Å². The highest BCUT2D eigenvalue weighted by atomic mass is 16.6. The van der Waals surface area contributed by atoms with E-state index in [1.165, 1.54) is 18.2 Å². The van der Waals surface area contributed by atoms with Gasteiger partial charge in [-0.15, -0.1) is 0 Å². The van der Waals surface area contributed by atoms with Crippen LogP contribution in [0.15, 0.2) is 35.9 Å². The number of piperidine rings is 1. The summed E-state index contributed by atoms with van der Waals surface area (Å²) in [5.41, 5.74) is 6.33. The predicted octanol–water partition coefficient (Wildman–Crippen LogP) is 0.899. The van der Waals surface area contributed by atoms with Gasteiger partial charge >= 0.3 is 0 Å². The Kier molecular flexibility index (Phi) is 5.07. The van der Waals surface area contributed by atoms with Crippen LogP contribution in [0.2, 0.25) is 0 Å². The SMILES string of the molecule is O=CNNC(=O)C=C1CCN(c2ccc([N+](=O)[O-])cc2)CC1. The summed E-state index contributed by atoms with van der Waals surface area (Å²) in [6.45, 7) is 1.47. The first-order chi connectivity index (χ1) is 10.6. The number of nitrogens with zero attached hydrogens (tertiary/aromatic N) is 2. The molecule has 2 N–H and O–H groups in total. The highest BCUT2D eigenvalue weighted by molar-refractivity contribution is 5.88. The van der Waals surface area contributed by atoms with Crippen LogP contribution in [-0.2, 0) is 9.59 Å². The molecule has 2 amide bonds. The standard InChI is InChI=1S/C14H16N4O4/c19-10-15-16-14(20)9-11-5-7-17(8-6-11)12-1-3-13(4-2-12)18(21)22/h1-4,9-10H,5-8H2,(H,15,19)(H,16,20). The predicted molar refractivity (Wildman–Crippen MR) is 80.0 cm³/mol. The van der Waals surface area contributed by atoms with Crippen LogP contribution in [0.4, 0.5) is 11.4 Å². The average Bonchev–Trinajstić information content (AvgIpc) is 2.54. The normalized spacial score (nSPS) is 14.2. The number of nitro groups is 1. The summed E-state index contributed by atoms with van der Waals surface area (Å²) in [6, 6.07) is 6.43. The van der Waals surface area contributed by atoms with Crippen molar-refractivity contribution in [3.63, 3.8) is 0 Å². The molecule has 1 aliphatic heterocycles. The minimum Gasteiger partial charge on any atom is -0.371 e. The zero-order chi connectivity index (χ0) is 15.9. The van der Waals surface area contributed by atoms with E-state index in [2.05, 4.69) is 15.8 Å². The maximum Gasteiger partial charge on any atom is 0.269 e. The number of rotatable bonds is 5. The molecule has 22 heavy (non-hydrogen) atoms. The van der Waals surface area contributed by atoms with Gasteiger partial charge in [-0.05, 0) is 25.0 Å². The summed E-state index contributed by atoms with van der Waals surface area (Å²) in [5.74, 6) is -0.356. The number of anilines is 1. The fourth-order valence-corrected chi connectivity index (χ4v) is 2.30. The van der Waals surface area contributed by atoms with Gasteiger partial charge in [-0.2, -0.15) is 0 Å². The van der Waals surface area contributed by atoms with E-state index in [1.54, 1.807) is 12.1 Å². The van der Waals surface area contributed by atoms with Crippen molar-refractivity contribution in [2.24, 2.45) is 0 Å².